The number of carboxylic acid groups (broad SMARTS) is 1. The maximum atomic E-state index is 13.8. The molecule has 41 heavy (non-hydrogen) atoms. The molecule has 1 heterocycles. The molecule has 1 fully saturated rings. The Balaban J connectivity index is 1.70. The van der Waals surface area contributed by atoms with Crippen molar-refractivity contribution in [2.75, 3.05) is 13.1 Å². The zero-order valence-electron chi connectivity index (χ0n) is 21.4. The number of halogens is 1. The number of non-ortho nitro benzene ring substituents is 1. The average molecular weight is 601 g/mol. The van der Waals surface area contributed by atoms with Crippen LogP contribution in [0, 0.1) is 10.1 Å². The second kappa shape index (κ2) is 12.5. The van der Waals surface area contributed by atoms with Gasteiger partial charge >= 0.3 is 5.97 Å². The molecule has 214 valence electrons. The van der Waals surface area contributed by atoms with Gasteiger partial charge in [0, 0.05) is 35.8 Å². The van der Waals surface area contributed by atoms with Gasteiger partial charge < -0.3 is 15.3 Å². The number of carbonyl (C=O) groups excluding carboxylic acids is 2. The van der Waals surface area contributed by atoms with E-state index in [0.717, 1.165) is 15.3 Å². The molecule has 3 aromatic carbocycles. The Morgan fingerprint density at radius 2 is 1.71 bits per heavy atom. The minimum atomic E-state index is -4.15. The lowest BCUT2D eigenvalue weighted by atomic mass is 10.0. The first-order chi connectivity index (χ1) is 19.5. The normalized spacial score (nSPS) is 16.2. The number of aliphatic carboxylic acids is 1. The SMILES string of the molecule is O=C(O)CC(NC(=O)C1N(C(=O)c2ccc(Cl)cc2)CCN1S(=O)(=O)Cc1ccccc1)c1cccc([N+](=O)[O-])c1. The van der Waals surface area contributed by atoms with E-state index in [1.54, 1.807) is 30.3 Å². The molecule has 1 aliphatic rings. The Morgan fingerprint density at radius 3 is 2.34 bits per heavy atom. The van der Waals surface area contributed by atoms with Crippen molar-refractivity contribution < 1.29 is 32.8 Å². The van der Waals surface area contributed by atoms with Gasteiger partial charge in [-0.25, -0.2) is 8.42 Å². The van der Waals surface area contributed by atoms with Crippen LogP contribution < -0.4 is 5.32 Å². The first-order valence-electron chi connectivity index (χ1n) is 12.3. The summed E-state index contributed by atoms with van der Waals surface area (Å²) in [5.41, 5.74) is 0.437. The van der Waals surface area contributed by atoms with Gasteiger partial charge in [0.1, 0.15) is 0 Å². The van der Waals surface area contributed by atoms with Crippen LogP contribution in [0.4, 0.5) is 5.69 Å². The Bertz CT molecular complexity index is 1570. The van der Waals surface area contributed by atoms with Crippen LogP contribution >= 0.6 is 11.6 Å². The third-order valence-electron chi connectivity index (χ3n) is 6.44. The number of hydrogen-bond acceptors (Lipinski definition) is 7. The molecule has 0 bridgehead atoms. The molecule has 12 nitrogen and oxygen atoms in total. The van der Waals surface area contributed by atoms with Crippen LogP contribution in [0.3, 0.4) is 0 Å². The average Bonchev–Trinajstić information content (AvgIpc) is 3.39. The van der Waals surface area contributed by atoms with Crippen molar-refractivity contribution in [1.82, 2.24) is 14.5 Å². The number of nitrogens with one attached hydrogen (secondary N) is 1. The highest BCUT2D eigenvalue weighted by Crippen LogP contribution is 2.27. The fourth-order valence-electron chi connectivity index (χ4n) is 4.54. The molecule has 0 aromatic heterocycles. The van der Waals surface area contributed by atoms with Gasteiger partial charge in [-0.1, -0.05) is 54.1 Å². The highest BCUT2D eigenvalue weighted by molar-refractivity contribution is 7.88. The minimum Gasteiger partial charge on any atom is -0.481 e. The number of benzene rings is 3. The molecule has 3 aromatic rings. The molecule has 0 saturated carbocycles. The van der Waals surface area contributed by atoms with Crippen molar-refractivity contribution in [3.8, 4) is 0 Å². The van der Waals surface area contributed by atoms with Gasteiger partial charge in [-0.3, -0.25) is 24.5 Å². The van der Waals surface area contributed by atoms with Crippen LogP contribution in [0.1, 0.15) is 33.9 Å². The molecule has 2 unspecified atom stereocenters. The molecule has 0 radical (unpaired) electrons. The smallest absolute Gasteiger partial charge is 0.305 e. The maximum absolute atomic E-state index is 13.8. The maximum Gasteiger partial charge on any atom is 0.305 e. The number of carbonyl (C=O) groups is 3. The van der Waals surface area contributed by atoms with Gasteiger partial charge in [0.25, 0.3) is 17.5 Å². The van der Waals surface area contributed by atoms with Crippen LogP contribution in [0.15, 0.2) is 78.9 Å². The Labute approximate surface area is 240 Å². The number of hydrogen-bond donors (Lipinski definition) is 2. The zero-order valence-corrected chi connectivity index (χ0v) is 23.0. The van der Waals surface area contributed by atoms with Gasteiger partial charge in [0.15, 0.2) is 6.17 Å². The van der Waals surface area contributed by atoms with E-state index in [-0.39, 0.29) is 29.9 Å². The Morgan fingerprint density at radius 1 is 1.02 bits per heavy atom. The summed E-state index contributed by atoms with van der Waals surface area (Å²) in [6.45, 7) is -0.305. The van der Waals surface area contributed by atoms with E-state index in [9.17, 15) is 38.0 Å². The number of sulfonamides is 1. The highest BCUT2D eigenvalue weighted by Gasteiger charge is 2.46. The van der Waals surface area contributed by atoms with Crippen LogP contribution in [0.25, 0.3) is 0 Å². The van der Waals surface area contributed by atoms with E-state index in [1.165, 1.54) is 42.5 Å². The lowest BCUT2D eigenvalue weighted by molar-refractivity contribution is -0.384. The summed E-state index contributed by atoms with van der Waals surface area (Å²) in [5, 5.41) is 23.7. The predicted octanol–water partition coefficient (Wildman–Crippen LogP) is 3.19. The highest BCUT2D eigenvalue weighted by atomic mass is 35.5. The van der Waals surface area contributed by atoms with Crippen LogP contribution in [-0.4, -0.2) is 64.7 Å². The minimum absolute atomic E-state index is 0.117. The number of carboxylic acids is 1. The van der Waals surface area contributed by atoms with Crippen LogP contribution in [0.5, 0.6) is 0 Å². The monoisotopic (exact) mass is 600 g/mol. The fourth-order valence-corrected chi connectivity index (χ4v) is 6.32. The van der Waals surface area contributed by atoms with Gasteiger partial charge in [-0.2, -0.15) is 4.31 Å². The lowest BCUT2D eigenvalue weighted by Crippen LogP contribution is -2.54. The fraction of sp³-hybridized carbons (Fsp3) is 0.222. The molecular formula is C27H25ClN4O8S. The molecule has 2 amide bonds. The molecule has 2 atom stereocenters. The van der Waals surface area contributed by atoms with E-state index in [1.807, 2.05) is 0 Å². The van der Waals surface area contributed by atoms with Crippen molar-refractivity contribution >= 4 is 45.1 Å². The van der Waals surface area contributed by atoms with Gasteiger partial charge in [0.05, 0.1) is 23.1 Å². The van der Waals surface area contributed by atoms with Crippen LogP contribution in [0.2, 0.25) is 5.02 Å². The van der Waals surface area contributed by atoms with Gasteiger partial charge in [0.2, 0.25) is 10.0 Å². The Hall–Kier alpha value is -4.33. The first kappa shape index (κ1) is 29.6. The van der Waals surface area contributed by atoms with Gasteiger partial charge in [-0.15, -0.1) is 0 Å². The molecule has 14 heteroatoms. The molecule has 0 spiro atoms. The van der Waals surface area contributed by atoms with Crippen molar-refractivity contribution in [3.05, 3.63) is 111 Å². The van der Waals surface area contributed by atoms with Crippen LogP contribution in [-0.2, 0) is 25.4 Å². The molecule has 4 rings (SSSR count). The van der Waals surface area contributed by atoms with E-state index >= 15 is 0 Å². The Kier molecular flexibility index (Phi) is 9.01. The van der Waals surface area contributed by atoms with Crippen molar-refractivity contribution in [3.63, 3.8) is 0 Å². The van der Waals surface area contributed by atoms with E-state index in [2.05, 4.69) is 5.32 Å². The zero-order chi connectivity index (χ0) is 29.7. The third-order valence-corrected chi connectivity index (χ3v) is 8.49. The van der Waals surface area contributed by atoms with E-state index < -0.39 is 57.1 Å². The number of nitrogens with zero attached hydrogens (tertiary/aromatic N) is 3. The second-order valence-electron chi connectivity index (χ2n) is 9.24. The summed E-state index contributed by atoms with van der Waals surface area (Å²) < 4.78 is 28.0. The standard InChI is InChI=1S/C27H25ClN4O8S/c28-21-11-9-19(10-12-21)27(36)30-13-14-31(41(39,40)17-18-5-2-1-3-6-18)26(30)25(35)29-23(16-24(33)34)20-7-4-8-22(15-20)32(37)38/h1-12,15,23,26H,13-14,16-17H2,(H,29,35)(H,33,34). The summed E-state index contributed by atoms with van der Waals surface area (Å²) in [4.78, 5) is 50.6. The summed E-state index contributed by atoms with van der Waals surface area (Å²) in [6.07, 6.45) is -2.30. The third kappa shape index (κ3) is 7.06. The van der Waals surface area contributed by atoms with Crippen molar-refractivity contribution in [2.45, 2.75) is 24.4 Å². The largest absolute Gasteiger partial charge is 0.481 e. The predicted molar refractivity (Wildman–Crippen MR) is 148 cm³/mol. The molecule has 0 aliphatic carbocycles. The number of nitro benzene ring substituents is 1. The molecule has 2 N–H and O–H groups in total. The van der Waals surface area contributed by atoms with E-state index in [4.69, 9.17) is 11.6 Å². The first-order valence-corrected chi connectivity index (χ1v) is 14.3. The quantitative estimate of drug-likeness (QED) is 0.264. The van der Waals surface area contributed by atoms with Crippen molar-refractivity contribution in [1.29, 1.82) is 0 Å². The summed E-state index contributed by atoms with van der Waals surface area (Å²) in [7, 11) is -4.15. The second-order valence-corrected chi connectivity index (χ2v) is 11.6. The molecule has 1 saturated heterocycles. The summed E-state index contributed by atoms with van der Waals surface area (Å²) >= 11 is 5.94. The summed E-state index contributed by atoms with van der Waals surface area (Å²) in [5.74, 6) is -3.34. The molecular weight excluding hydrogens is 576 g/mol. The number of nitro groups is 1. The van der Waals surface area contributed by atoms with Gasteiger partial charge in [-0.05, 0) is 35.4 Å². The number of rotatable bonds is 10. The number of amides is 2. The topological polar surface area (TPSA) is 167 Å². The van der Waals surface area contributed by atoms with Crippen molar-refractivity contribution in [2.24, 2.45) is 0 Å². The molecule has 1 aliphatic heterocycles. The lowest BCUT2D eigenvalue weighted by Gasteiger charge is -2.30. The van der Waals surface area contributed by atoms with E-state index in [0.29, 0.717) is 10.6 Å². The summed E-state index contributed by atoms with van der Waals surface area (Å²) in [6, 6.07) is 18.0.